The Bertz CT molecular complexity index is 2530. The number of ether oxygens (including phenoxy) is 2. The number of piperidine rings is 2. The summed E-state index contributed by atoms with van der Waals surface area (Å²) in [6.07, 6.45) is 8.02. The summed E-state index contributed by atoms with van der Waals surface area (Å²) in [5.74, 6) is 6.47. The predicted molar refractivity (Wildman–Crippen MR) is 225 cm³/mol. The number of aryl methyl sites for hydroxylation is 1. The molecule has 7 heterocycles. The molecule has 1 aliphatic carbocycles. The molecule has 1 saturated carbocycles. The van der Waals surface area contributed by atoms with Gasteiger partial charge in [-0.1, -0.05) is 17.9 Å². The second-order valence-corrected chi connectivity index (χ2v) is 16.9. The number of likely N-dealkylation sites (tertiary alicyclic amines) is 1. The monoisotopic (exact) mass is 851 g/mol. The molecule has 0 bridgehead atoms. The van der Waals surface area contributed by atoms with Gasteiger partial charge in [-0.3, -0.25) is 29.1 Å². The van der Waals surface area contributed by atoms with Crippen LogP contribution in [0.4, 0.5) is 20.3 Å². The molecule has 2 atom stereocenters. The number of benzene rings is 1. The normalized spacial score (nSPS) is 22.9. The molecule has 326 valence electrons. The Morgan fingerprint density at radius 2 is 1.89 bits per heavy atom. The van der Waals surface area contributed by atoms with Gasteiger partial charge >= 0.3 is 0 Å². The van der Waals surface area contributed by atoms with Gasteiger partial charge in [-0.15, -0.1) is 0 Å². The first-order valence-corrected chi connectivity index (χ1v) is 21.6. The third kappa shape index (κ3) is 8.66. The average Bonchev–Trinajstić information content (AvgIpc) is 3.99. The highest BCUT2D eigenvalue weighted by atomic mass is 19.3. The van der Waals surface area contributed by atoms with Crippen LogP contribution in [-0.4, -0.2) is 115 Å². The Hall–Kier alpha value is -5.77. The topological polar surface area (TPSA) is 166 Å². The molecule has 9 rings (SSSR count). The number of carbonyl (C=O) groups is 3. The second-order valence-electron chi connectivity index (χ2n) is 16.9. The maximum atomic E-state index is 14.3. The molecule has 4 aliphatic rings. The number of carbonyl (C=O) groups excluding carboxylic acids is 3. The van der Waals surface area contributed by atoms with Gasteiger partial charge in [0, 0.05) is 55.9 Å². The Balaban J connectivity index is 0.745. The molecule has 3 aliphatic heterocycles. The zero-order valence-corrected chi connectivity index (χ0v) is 34.9. The Morgan fingerprint density at radius 3 is 2.66 bits per heavy atom. The van der Waals surface area contributed by atoms with Crippen LogP contribution in [0.3, 0.4) is 0 Å². The highest BCUT2D eigenvalue weighted by Gasteiger charge is 2.32. The van der Waals surface area contributed by atoms with Crippen LogP contribution in [0, 0.1) is 24.7 Å². The standard InChI is InChI=1S/C44H51F2N11O5/c1-27-26-61-22-20-54(27)37-16-19-55-42(49-37)33(23-47-55)43(59)48-34-25-56(52-40(34)41(45)46)31-10-8-29(9-11-31)24-53-17-14-32(15-18-53)62-21-4-6-30-5-3-7-35-39(30)28(2)51-57(35)36-12-13-38(58)50-44(36)60/h3,5,7,16,19,23,25,27,29,31-32,36,41H,8-15,17-18,20-22,24,26H2,1-2H3,(H,48,59)(H,50,58,60)/t27-,29?,31?,36?/m1/s1. The Kier molecular flexibility index (Phi) is 12.0. The number of imide groups is 1. The Labute approximate surface area is 357 Å². The number of anilines is 2. The lowest BCUT2D eigenvalue weighted by Crippen LogP contribution is -2.44. The molecule has 4 aromatic heterocycles. The quantitative estimate of drug-likeness (QED) is 0.139. The fraction of sp³-hybridized carbons (Fsp3) is 0.523. The van der Waals surface area contributed by atoms with Gasteiger partial charge in [0.15, 0.2) is 11.3 Å². The van der Waals surface area contributed by atoms with Crippen molar-refractivity contribution >= 4 is 45.8 Å². The number of nitrogens with one attached hydrogen (secondary N) is 2. The number of aromatic nitrogens is 7. The van der Waals surface area contributed by atoms with Gasteiger partial charge < -0.3 is 24.6 Å². The van der Waals surface area contributed by atoms with Gasteiger partial charge in [-0.05, 0) is 82.9 Å². The van der Waals surface area contributed by atoms with Gasteiger partial charge in [-0.2, -0.15) is 15.3 Å². The first-order chi connectivity index (χ1) is 30.1. The Morgan fingerprint density at radius 1 is 1.06 bits per heavy atom. The van der Waals surface area contributed by atoms with E-state index >= 15 is 0 Å². The summed E-state index contributed by atoms with van der Waals surface area (Å²) in [6.45, 7) is 8.93. The van der Waals surface area contributed by atoms with E-state index in [9.17, 15) is 23.2 Å². The minimum Gasteiger partial charge on any atom is -0.377 e. The van der Waals surface area contributed by atoms with E-state index in [2.05, 4.69) is 47.6 Å². The summed E-state index contributed by atoms with van der Waals surface area (Å²) in [5, 5.41) is 19.2. The van der Waals surface area contributed by atoms with E-state index in [0.717, 1.165) is 80.3 Å². The van der Waals surface area contributed by atoms with Crippen molar-refractivity contribution in [2.24, 2.45) is 5.92 Å². The molecular formula is C44H51F2N11O5. The van der Waals surface area contributed by atoms with Crippen molar-refractivity contribution in [3.63, 3.8) is 0 Å². The van der Waals surface area contributed by atoms with E-state index < -0.39 is 24.1 Å². The fourth-order valence-electron chi connectivity index (χ4n) is 9.43. The van der Waals surface area contributed by atoms with Crippen molar-refractivity contribution in [1.29, 1.82) is 0 Å². The summed E-state index contributed by atoms with van der Waals surface area (Å²) in [5.41, 5.74) is 2.49. The van der Waals surface area contributed by atoms with Gasteiger partial charge in [0.05, 0.1) is 54.5 Å². The minimum atomic E-state index is -2.86. The summed E-state index contributed by atoms with van der Waals surface area (Å²) < 4.78 is 45.1. The third-order valence-electron chi connectivity index (χ3n) is 12.7. The molecule has 3 amide bonds. The molecule has 2 N–H and O–H groups in total. The van der Waals surface area contributed by atoms with Gasteiger partial charge in [-0.25, -0.2) is 18.3 Å². The largest absolute Gasteiger partial charge is 0.377 e. The number of rotatable bonds is 10. The lowest BCUT2D eigenvalue weighted by atomic mass is 9.85. The SMILES string of the molecule is Cc1nn(C2CCC(=O)NC2=O)c2cccc(C#CCOC3CCN(CC4CCC(n5cc(NC(=O)c6cnn7ccc(N8CCOC[C@H]8C)nc67)c(C(F)F)n5)CC4)CC3)c12. The summed E-state index contributed by atoms with van der Waals surface area (Å²) >= 11 is 0. The molecule has 1 aromatic carbocycles. The average molecular weight is 852 g/mol. The smallest absolute Gasteiger partial charge is 0.284 e. The van der Waals surface area contributed by atoms with Crippen molar-refractivity contribution in [3.8, 4) is 11.8 Å². The molecule has 1 unspecified atom stereocenters. The van der Waals surface area contributed by atoms with Crippen molar-refractivity contribution in [2.75, 3.05) is 56.2 Å². The summed E-state index contributed by atoms with van der Waals surface area (Å²) in [6, 6.07) is 7.16. The third-order valence-corrected chi connectivity index (χ3v) is 12.7. The molecule has 0 spiro atoms. The molecule has 18 heteroatoms. The minimum absolute atomic E-state index is 0.00741. The molecule has 3 saturated heterocycles. The van der Waals surface area contributed by atoms with Crippen LogP contribution in [0.15, 0.2) is 42.9 Å². The number of alkyl halides is 2. The number of morpholine rings is 1. The maximum absolute atomic E-state index is 14.3. The van der Waals surface area contributed by atoms with Crippen LogP contribution < -0.4 is 15.5 Å². The number of fused-ring (bicyclic) bond motifs is 2. The molecule has 5 aromatic rings. The number of nitrogens with zero attached hydrogens (tertiary/aromatic N) is 9. The number of amides is 3. The number of hydrogen-bond acceptors (Lipinski definition) is 11. The van der Waals surface area contributed by atoms with Crippen LogP contribution in [0.25, 0.3) is 16.6 Å². The van der Waals surface area contributed by atoms with E-state index in [1.807, 2.05) is 38.1 Å². The van der Waals surface area contributed by atoms with Crippen LogP contribution in [0.5, 0.6) is 0 Å². The molecule has 4 fully saturated rings. The maximum Gasteiger partial charge on any atom is 0.284 e. The van der Waals surface area contributed by atoms with Crippen LogP contribution in [0.2, 0.25) is 0 Å². The van der Waals surface area contributed by atoms with Crippen LogP contribution in [0.1, 0.15) is 104 Å². The molecule has 62 heavy (non-hydrogen) atoms. The number of hydrogen-bond donors (Lipinski definition) is 2. The zero-order chi connectivity index (χ0) is 42.9. The summed E-state index contributed by atoms with van der Waals surface area (Å²) in [7, 11) is 0. The van der Waals surface area contributed by atoms with Crippen LogP contribution >= 0.6 is 0 Å². The van der Waals surface area contributed by atoms with E-state index in [1.165, 1.54) is 10.7 Å². The van der Waals surface area contributed by atoms with Gasteiger partial charge in [0.25, 0.3) is 18.2 Å². The highest BCUT2D eigenvalue weighted by Crippen LogP contribution is 2.36. The first kappa shape index (κ1) is 41.6. The van der Waals surface area contributed by atoms with Gasteiger partial charge in [0.2, 0.25) is 5.91 Å². The van der Waals surface area contributed by atoms with Crippen molar-refractivity contribution < 1.29 is 32.6 Å². The zero-order valence-electron chi connectivity index (χ0n) is 34.9. The van der Waals surface area contributed by atoms with E-state index in [1.54, 1.807) is 21.8 Å². The first-order valence-electron chi connectivity index (χ1n) is 21.6. The van der Waals surface area contributed by atoms with Crippen molar-refractivity contribution in [3.05, 3.63) is 65.4 Å². The second kappa shape index (κ2) is 17.9. The van der Waals surface area contributed by atoms with Gasteiger partial charge in [0.1, 0.15) is 24.0 Å². The van der Waals surface area contributed by atoms with E-state index in [0.29, 0.717) is 50.2 Å². The predicted octanol–water partition coefficient (Wildman–Crippen LogP) is 5.24. The number of halogens is 2. The van der Waals surface area contributed by atoms with Crippen molar-refractivity contribution in [2.45, 2.75) is 95.9 Å². The van der Waals surface area contributed by atoms with E-state index in [4.69, 9.17) is 14.5 Å². The highest BCUT2D eigenvalue weighted by molar-refractivity contribution is 6.08. The van der Waals surface area contributed by atoms with E-state index in [-0.39, 0.29) is 47.7 Å². The van der Waals surface area contributed by atoms with Crippen molar-refractivity contribution in [1.82, 2.24) is 44.4 Å². The summed E-state index contributed by atoms with van der Waals surface area (Å²) in [4.78, 5) is 47.1. The fourth-order valence-corrected chi connectivity index (χ4v) is 9.43. The molecule has 0 radical (unpaired) electrons. The van der Waals surface area contributed by atoms with Crippen LogP contribution in [-0.2, 0) is 19.1 Å². The molecular weight excluding hydrogens is 801 g/mol. The lowest BCUT2D eigenvalue weighted by molar-refractivity contribution is -0.135. The molecule has 16 nitrogen and oxygen atoms in total. The lowest BCUT2D eigenvalue weighted by Gasteiger charge is -2.36.